The number of carbonyl (C=O) groups is 2. The number of hydrogen-bond acceptors (Lipinski definition) is 19. The lowest BCUT2D eigenvalue weighted by Gasteiger charge is -2.31. The summed E-state index contributed by atoms with van der Waals surface area (Å²) in [5, 5.41) is 29.5. The maximum Gasteiger partial charge on any atom is 0.341 e. The molecule has 0 unspecified atom stereocenters. The number of hydrogen-bond donors (Lipinski definition) is 2. The van der Waals surface area contributed by atoms with Crippen molar-refractivity contribution in [3.8, 4) is 67.8 Å². The highest BCUT2D eigenvalue weighted by molar-refractivity contribution is 9.10. The van der Waals surface area contributed by atoms with E-state index in [1.54, 1.807) is 45.3 Å². The second-order valence-corrected chi connectivity index (χ2v) is 72.6. The second kappa shape index (κ2) is 56.7. The second-order valence-electron chi connectivity index (χ2n) is 41.7. The normalized spacial score (nSPS) is 12.1. The molecule has 0 aliphatic carbocycles. The van der Waals surface area contributed by atoms with Crippen LogP contribution in [-0.4, -0.2) is 101 Å². The summed E-state index contributed by atoms with van der Waals surface area (Å²) in [4.78, 5) is 34.7. The number of aliphatic hydroxyl groups is 2. The molecule has 5 aromatic carbocycles. The van der Waals surface area contributed by atoms with E-state index in [2.05, 4.69) is 226 Å². The highest BCUT2D eigenvalue weighted by Gasteiger charge is 2.47. The van der Waals surface area contributed by atoms with Crippen LogP contribution in [0, 0.1) is 0 Å². The highest BCUT2D eigenvalue weighted by atomic mass is 79.9. The van der Waals surface area contributed by atoms with Crippen LogP contribution >= 0.6 is 107 Å². The zero-order valence-corrected chi connectivity index (χ0v) is 101. The molecule has 0 aliphatic heterocycles. The van der Waals surface area contributed by atoms with Crippen molar-refractivity contribution in [1.82, 2.24) is 0 Å². The zero-order valence-electron chi connectivity index (χ0n) is 88.5. The molecule has 8 aromatic heterocycles. The molecule has 13 aromatic rings. The Balaban J connectivity index is 0.000000299. The number of fused-ring (bicyclic) bond motifs is 2. The number of esters is 2. The fourth-order valence-corrected chi connectivity index (χ4v) is 35.6. The largest absolute Gasteiger partial charge is 0.494 e. The summed E-state index contributed by atoms with van der Waals surface area (Å²) in [5.74, 6) is 3.47. The van der Waals surface area contributed by atoms with E-state index in [-0.39, 0.29) is 11.9 Å². The Morgan fingerprint density at radius 1 is 0.261 bits per heavy atom. The van der Waals surface area contributed by atoms with Gasteiger partial charge in [-0.3, -0.25) is 0 Å². The molecule has 0 fully saturated rings. The highest BCUT2D eigenvalue weighted by Crippen LogP contribution is 2.60. The first kappa shape index (κ1) is 116. The van der Waals surface area contributed by atoms with Gasteiger partial charge in [-0.15, -0.1) is 90.7 Å². The van der Waals surface area contributed by atoms with Crippen molar-refractivity contribution in [3.05, 3.63) is 219 Å². The fourth-order valence-electron chi connectivity index (χ4n) is 17.4. The van der Waals surface area contributed by atoms with Crippen molar-refractivity contribution in [2.45, 2.75) is 331 Å². The molecule has 0 atom stereocenters. The Bertz CT molecular complexity index is 5490. The van der Waals surface area contributed by atoms with Crippen LogP contribution in [0.1, 0.15) is 295 Å². The molecule has 0 saturated heterocycles. The molecule has 0 bridgehead atoms. The van der Waals surface area contributed by atoms with E-state index in [1.807, 2.05) is 109 Å². The molecule has 0 saturated carbocycles. The number of halogens is 1. The van der Waals surface area contributed by atoms with E-state index in [0.717, 1.165) is 182 Å². The van der Waals surface area contributed by atoms with Gasteiger partial charge in [0.2, 0.25) is 0 Å². The summed E-state index contributed by atoms with van der Waals surface area (Å²) < 4.78 is 52.7. The van der Waals surface area contributed by atoms with Crippen molar-refractivity contribution in [1.29, 1.82) is 0 Å². The maximum absolute atomic E-state index is 14.8. The minimum Gasteiger partial charge on any atom is -0.494 e. The summed E-state index contributed by atoms with van der Waals surface area (Å²) in [6.07, 6.45) is 36.5. The van der Waals surface area contributed by atoms with Gasteiger partial charge in [-0.25, -0.2) is 9.59 Å². The Hall–Kier alpha value is -6.57. The number of thiophene rings is 8. The van der Waals surface area contributed by atoms with E-state index >= 15 is 0 Å². The van der Waals surface area contributed by atoms with Crippen LogP contribution in [0.4, 0.5) is 0 Å². The third-order valence-electron chi connectivity index (χ3n) is 25.7. The molecule has 11 nitrogen and oxygen atoms in total. The maximum atomic E-state index is 14.8. The average Bonchev–Trinajstić information content (AvgIpc) is 1.53. The smallest absolute Gasteiger partial charge is 0.341 e. The van der Waals surface area contributed by atoms with Gasteiger partial charge in [-0.1, -0.05) is 362 Å². The number of benzene rings is 5. The lowest BCUT2D eigenvalue weighted by atomic mass is 9.78. The quantitative estimate of drug-likeness (QED) is 0.0214. The van der Waals surface area contributed by atoms with Crippen LogP contribution in [0.15, 0.2) is 174 Å². The van der Waals surface area contributed by atoms with Gasteiger partial charge in [0.15, 0.2) is 0 Å². The lowest BCUT2D eigenvalue weighted by Crippen LogP contribution is -2.34. The summed E-state index contributed by atoms with van der Waals surface area (Å²) in [6, 6.07) is 58.8. The van der Waals surface area contributed by atoms with Crippen LogP contribution in [0.2, 0.25) is 78.6 Å². The lowest BCUT2D eigenvalue weighted by molar-refractivity contribution is 0.0519. The van der Waals surface area contributed by atoms with Gasteiger partial charge >= 0.3 is 11.9 Å². The molecule has 770 valence electrons. The van der Waals surface area contributed by atoms with Crippen molar-refractivity contribution in [2.24, 2.45) is 0 Å². The minimum absolute atomic E-state index is 0.299. The summed E-state index contributed by atoms with van der Waals surface area (Å²) in [7, 11) is -6.55. The van der Waals surface area contributed by atoms with Crippen molar-refractivity contribution >= 4 is 188 Å². The molecule has 8 heterocycles. The molecule has 0 radical (unpaired) electrons. The molecule has 24 heteroatoms. The Morgan fingerprint density at radius 3 is 0.676 bits per heavy atom. The summed E-state index contributed by atoms with van der Waals surface area (Å²) in [5.41, 5.74) is 2.43. The van der Waals surface area contributed by atoms with Crippen LogP contribution in [0.3, 0.4) is 0 Å². The Kier molecular flexibility index (Phi) is 46.2. The topological polar surface area (TPSA) is 139 Å². The van der Waals surface area contributed by atoms with E-state index in [0.29, 0.717) is 50.8 Å². The van der Waals surface area contributed by atoms with Gasteiger partial charge in [0, 0.05) is 35.1 Å². The first-order valence-corrected chi connectivity index (χ1v) is 74.3. The molecule has 13 rings (SSSR count). The third-order valence-corrected chi connectivity index (χ3v) is 50.8. The van der Waals surface area contributed by atoms with E-state index in [4.69, 9.17) is 33.2 Å². The predicted molar refractivity (Wildman–Crippen MR) is 635 cm³/mol. The number of carbonyl (C=O) groups excluding carboxylic acids is 2. The van der Waals surface area contributed by atoms with Crippen LogP contribution in [0.25, 0.3) is 57.8 Å². The van der Waals surface area contributed by atoms with Gasteiger partial charge in [0.1, 0.15) is 39.9 Å². The first-order chi connectivity index (χ1) is 68.2. The van der Waals surface area contributed by atoms with Gasteiger partial charge in [-0.2, -0.15) is 0 Å². The van der Waals surface area contributed by atoms with E-state index in [1.165, 1.54) is 182 Å². The van der Waals surface area contributed by atoms with Gasteiger partial charge in [0.25, 0.3) is 0 Å². The zero-order chi connectivity index (χ0) is 102. The van der Waals surface area contributed by atoms with Crippen LogP contribution in [0.5, 0.6) is 28.7 Å². The molecule has 0 spiro atoms. The van der Waals surface area contributed by atoms with Crippen LogP contribution in [-0.2, 0) is 20.7 Å². The summed E-state index contributed by atoms with van der Waals surface area (Å²) in [6.45, 7) is 47.4. The molecular formula is C118H161BrO11S8Si4. The van der Waals surface area contributed by atoms with E-state index in [9.17, 15) is 19.8 Å². The number of rotatable bonds is 58. The van der Waals surface area contributed by atoms with Gasteiger partial charge < -0.3 is 43.4 Å². The van der Waals surface area contributed by atoms with Crippen molar-refractivity contribution in [3.63, 3.8) is 0 Å². The van der Waals surface area contributed by atoms with E-state index < -0.39 is 43.5 Å². The molecule has 2 N–H and O–H groups in total. The first-order valence-electron chi connectivity index (χ1n) is 53.0. The Labute approximate surface area is 895 Å². The van der Waals surface area contributed by atoms with Crippen molar-refractivity contribution in [2.75, 3.05) is 46.2 Å². The van der Waals surface area contributed by atoms with Gasteiger partial charge in [-0.05, 0) is 183 Å². The van der Waals surface area contributed by atoms with Crippen LogP contribution < -0.4 is 41.7 Å². The Morgan fingerprint density at radius 2 is 0.465 bits per heavy atom. The summed E-state index contributed by atoms with van der Waals surface area (Å²) >= 11 is 17.1. The third kappa shape index (κ3) is 32.0. The average molecular weight is 2200 g/mol. The monoisotopic (exact) mass is 2200 g/mol. The molecule has 0 aliphatic rings. The number of ether oxygens (including phenoxy) is 7. The molecule has 142 heavy (non-hydrogen) atoms. The fraction of sp³-hybridized carbons (Fsp3) is 0.492. The number of unbranched alkanes of at least 4 members (excludes halogenated alkanes) is 25. The predicted octanol–water partition coefficient (Wildman–Crippen LogP) is 36.1. The molecule has 0 amide bonds. The molecular weight excluding hydrogens is 2040 g/mol. The van der Waals surface area contributed by atoms with Crippen molar-refractivity contribution < 1.29 is 53.0 Å². The SMILES string of the molecule is CCCCCCCCOc1ccc(Br)cc1.CCCCCCCCOc1ccc(C(O)(c2ccc(OCCCCCCCC)cc2)c2c(-c3ccc([Si](C)(C)C)s3)sc3c(C(O)(c4ccc(OCCCCCCCC)cc4)c4ccc(OCCCCCCCC)cc4)c(-c4ccc([Si](C)(C)C)s4)sc23)cc1.CCOC(=O)c1c(-c2ccc([Si](C)(C)C)s2)sc2c(C(=O)OCC)c(-c3ccc([Si](C)(C)C)s3)sc12. The van der Waals surface area contributed by atoms with Gasteiger partial charge in [0.05, 0.1) is 128 Å². The minimum atomic E-state index is -1.78. The standard InChI is InChI=1S/C78H108O6S4Si2.C26H32O4S4Si2.C14H21BrO/c1-11-15-19-23-27-31-55-81-63-43-35-59(36-44-63)77(79,60-37-45-64(46-38-60)82-56-32-28-24-20-16-12-2)71-73(67-51-53-69(85-67)89(5,6)7)87-76-72(74(88-75(71)76)68-52-54-70(86-68)90(8,9)10)78(80,61-39-47-65(48-40-61)83-57-33-29-25-21-17-13-3)62-41-49-66(50-42-62)84-58-34-30-26-22-18-14-4;1-9-29-25(27)19-21(15-11-13-17(31-15)35(3,4)5)33-24-20(26(28)30-10-2)22(34-23(19)24)16-12-14-18(32-16)36(6,7)8;1-2-3-4-5-6-7-12-16-14-10-8-13(15)9-11-14/h35-54,79-80H,11-34,55-58H2,1-10H3;11-14H,9-10H2,1-8H3;8-11H,2-7,12H2,1H3.